The molecule has 0 radical (unpaired) electrons. The summed E-state index contributed by atoms with van der Waals surface area (Å²) in [5, 5.41) is 8.28. The quantitative estimate of drug-likeness (QED) is 0.288. The lowest BCUT2D eigenvalue weighted by molar-refractivity contribution is 0.0950. The van der Waals surface area contributed by atoms with Crippen molar-refractivity contribution in [1.29, 1.82) is 0 Å². The van der Waals surface area contributed by atoms with Gasteiger partial charge in [0.05, 0.1) is 37.3 Å². The maximum Gasteiger partial charge on any atom is 0.319 e. The summed E-state index contributed by atoms with van der Waals surface area (Å²) >= 11 is 0. The second-order valence-corrected chi connectivity index (χ2v) is 9.65. The molecular weight excluding hydrogens is 500 g/mol. The van der Waals surface area contributed by atoms with E-state index in [1.54, 1.807) is 38.1 Å². The van der Waals surface area contributed by atoms with Crippen LogP contribution in [0.15, 0.2) is 30.3 Å². The predicted octanol–water partition coefficient (Wildman–Crippen LogP) is 3.72. The van der Waals surface area contributed by atoms with Crippen LogP contribution in [-0.2, 0) is 16.6 Å². The summed E-state index contributed by atoms with van der Waals surface area (Å²) in [5.41, 5.74) is 1.56. The van der Waals surface area contributed by atoms with E-state index >= 15 is 0 Å². The van der Waals surface area contributed by atoms with Crippen LogP contribution >= 0.6 is 0 Å². The van der Waals surface area contributed by atoms with Gasteiger partial charge in [-0.25, -0.2) is 13.2 Å². The van der Waals surface area contributed by atoms with Crippen LogP contribution in [0.2, 0.25) is 0 Å². The Hall–Kier alpha value is -3.67. The zero-order chi connectivity index (χ0) is 27.4. The molecule has 204 valence electrons. The van der Waals surface area contributed by atoms with E-state index in [9.17, 15) is 18.0 Å². The highest BCUT2D eigenvalue weighted by Crippen LogP contribution is 2.34. The fraction of sp³-hybridized carbons (Fsp3) is 0.440. The average molecular weight is 537 g/mol. The van der Waals surface area contributed by atoms with Gasteiger partial charge in [-0.1, -0.05) is 6.92 Å². The Morgan fingerprint density at radius 1 is 0.838 bits per heavy atom. The summed E-state index contributed by atoms with van der Waals surface area (Å²) in [5.74, 6) is 0.841. The lowest BCUT2D eigenvalue weighted by Gasteiger charge is -2.18. The molecule has 0 atom stereocenters. The number of hydrogen-bond acceptors (Lipinski definition) is 7. The first kappa shape index (κ1) is 29.6. The molecule has 0 aliphatic rings. The predicted molar refractivity (Wildman–Crippen MR) is 143 cm³/mol. The molecule has 4 N–H and O–H groups in total. The number of benzene rings is 2. The van der Waals surface area contributed by atoms with Crippen molar-refractivity contribution in [1.82, 2.24) is 10.6 Å². The van der Waals surface area contributed by atoms with Crippen LogP contribution < -0.4 is 34.9 Å². The number of hydrogen-bond donors (Lipinski definition) is 4. The molecule has 12 heteroatoms. The molecule has 2 rings (SSSR count). The third-order valence-corrected chi connectivity index (χ3v) is 5.41. The number of sulfonamides is 1. The smallest absolute Gasteiger partial charge is 0.319 e. The standard InChI is InChI=1S/C25H36N4O7S/c1-6-12-26-24(30)19-14-18(10-11-21(19)34-7-2)28-25(31)27-16-17-13-23(36-9-4)20(29-37(5,32)33)15-22(17)35-8-3/h10-11,13-15,29H,6-9,12,16H2,1-5H3,(H,26,30)(H2,27,28,31). The fourth-order valence-electron chi connectivity index (χ4n) is 3.34. The zero-order valence-corrected chi connectivity index (χ0v) is 22.7. The first-order valence-corrected chi connectivity index (χ1v) is 14.0. The zero-order valence-electron chi connectivity index (χ0n) is 21.9. The SMILES string of the molecule is CCCNC(=O)c1cc(NC(=O)NCc2cc(OCC)c(NS(C)(=O)=O)cc2OCC)ccc1OCC. The highest BCUT2D eigenvalue weighted by molar-refractivity contribution is 7.92. The molecule has 37 heavy (non-hydrogen) atoms. The van der Waals surface area contributed by atoms with Gasteiger partial charge in [0.1, 0.15) is 17.2 Å². The first-order valence-electron chi connectivity index (χ1n) is 12.1. The molecule has 0 aliphatic carbocycles. The Morgan fingerprint density at radius 2 is 1.49 bits per heavy atom. The van der Waals surface area contributed by atoms with Crippen molar-refractivity contribution < 1.29 is 32.2 Å². The van der Waals surface area contributed by atoms with E-state index in [0.29, 0.717) is 60.4 Å². The maximum atomic E-state index is 12.7. The molecule has 0 bridgehead atoms. The molecule has 2 aromatic rings. The van der Waals surface area contributed by atoms with Crippen LogP contribution in [0.3, 0.4) is 0 Å². The van der Waals surface area contributed by atoms with Gasteiger partial charge in [0, 0.05) is 30.4 Å². The molecule has 0 saturated carbocycles. The van der Waals surface area contributed by atoms with E-state index in [0.717, 1.165) is 12.7 Å². The minimum Gasteiger partial charge on any atom is -0.493 e. The second-order valence-electron chi connectivity index (χ2n) is 7.90. The monoisotopic (exact) mass is 536 g/mol. The van der Waals surface area contributed by atoms with Gasteiger partial charge >= 0.3 is 6.03 Å². The number of anilines is 2. The Balaban J connectivity index is 2.21. The summed E-state index contributed by atoms with van der Waals surface area (Å²) in [6, 6.07) is 7.47. The molecule has 3 amide bonds. The van der Waals surface area contributed by atoms with Crippen LogP contribution in [0, 0.1) is 0 Å². The van der Waals surface area contributed by atoms with Crippen molar-refractivity contribution in [3.8, 4) is 17.2 Å². The largest absolute Gasteiger partial charge is 0.493 e. The lowest BCUT2D eigenvalue weighted by atomic mass is 10.1. The van der Waals surface area contributed by atoms with Gasteiger partial charge in [0.2, 0.25) is 10.0 Å². The normalized spacial score (nSPS) is 10.8. The molecule has 0 fully saturated rings. The summed E-state index contributed by atoms with van der Waals surface area (Å²) in [6.45, 7) is 8.98. The number of carbonyl (C=O) groups is 2. The Bertz CT molecular complexity index is 1190. The Labute approximate surface area is 218 Å². The van der Waals surface area contributed by atoms with Gasteiger partial charge in [-0.2, -0.15) is 0 Å². The first-order chi connectivity index (χ1) is 17.6. The summed E-state index contributed by atoms with van der Waals surface area (Å²) in [7, 11) is -3.55. The molecule has 11 nitrogen and oxygen atoms in total. The second kappa shape index (κ2) is 14.2. The van der Waals surface area contributed by atoms with E-state index in [2.05, 4.69) is 20.7 Å². The summed E-state index contributed by atoms with van der Waals surface area (Å²) in [4.78, 5) is 25.2. The third kappa shape index (κ3) is 9.37. The Kier molecular flexibility index (Phi) is 11.3. The van der Waals surface area contributed by atoms with E-state index in [-0.39, 0.29) is 18.1 Å². The van der Waals surface area contributed by atoms with Gasteiger partial charge in [-0.05, 0) is 51.5 Å². The minimum atomic E-state index is -3.55. The van der Waals surface area contributed by atoms with E-state index in [1.165, 1.54) is 6.07 Å². The molecule has 0 saturated heterocycles. The number of carbonyl (C=O) groups excluding carboxylic acids is 2. The topological polar surface area (TPSA) is 144 Å². The van der Waals surface area contributed by atoms with Gasteiger partial charge in [0.25, 0.3) is 5.91 Å². The van der Waals surface area contributed by atoms with Gasteiger partial charge in [-0.3, -0.25) is 9.52 Å². The molecule has 0 aromatic heterocycles. The van der Waals surface area contributed by atoms with E-state index in [4.69, 9.17) is 14.2 Å². The van der Waals surface area contributed by atoms with Crippen molar-refractivity contribution in [2.24, 2.45) is 0 Å². The highest BCUT2D eigenvalue weighted by atomic mass is 32.2. The van der Waals surface area contributed by atoms with Crippen LogP contribution in [0.25, 0.3) is 0 Å². The fourth-order valence-corrected chi connectivity index (χ4v) is 3.89. The molecular formula is C25H36N4O7S. The molecule has 0 heterocycles. The van der Waals surface area contributed by atoms with Crippen LogP contribution in [0.1, 0.15) is 50.0 Å². The third-order valence-electron chi connectivity index (χ3n) is 4.81. The number of rotatable bonds is 14. The van der Waals surface area contributed by atoms with Crippen LogP contribution in [0.4, 0.5) is 16.2 Å². The number of nitrogens with one attached hydrogen (secondary N) is 4. The van der Waals surface area contributed by atoms with Crippen molar-refractivity contribution in [2.75, 3.05) is 42.7 Å². The van der Waals surface area contributed by atoms with Gasteiger partial charge in [0.15, 0.2) is 0 Å². The van der Waals surface area contributed by atoms with Crippen LogP contribution in [-0.4, -0.2) is 53.0 Å². The average Bonchev–Trinajstić information content (AvgIpc) is 2.83. The number of amides is 3. The highest BCUT2D eigenvalue weighted by Gasteiger charge is 2.17. The van der Waals surface area contributed by atoms with Gasteiger partial charge in [-0.15, -0.1) is 0 Å². The summed E-state index contributed by atoms with van der Waals surface area (Å²) in [6.07, 6.45) is 1.83. The minimum absolute atomic E-state index is 0.0707. The molecule has 0 spiro atoms. The molecule has 0 aliphatic heterocycles. The molecule has 0 unspecified atom stereocenters. The van der Waals surface area contributed by atoms with Crippen molar-refractivity contribution in [2.45, 2.75) is 40.7 Å². The maximum absolute atomic E-state index is 12.7. The van der Waals surface area contributed by atoms with Gasteiger partial charge < -0.3 is 30.2 Å². The van der Waals surface area contributed by atoms with E-state index < -0.39 is 16.1 Å². The molecule has 2 aromatic carbocycles. The number of ether oxygens (including phenoxy) is 3. The van der Waals surface area contributed by atoms with Crippen LogP contribution in [0.5, 0.6) is 17.2 Å². The Morgan fingerprint density at radius 3 is 2.11 bits per heavy atom. The van der Waals surface area contributed by atoms with Crippen molar-refractivity contribution >= 4 is 33.3 Å². The lowest BCUT2D eigenvalue weighted by Crippen LogP contribution is -2.29. The summed E-state index contributed by atoms with van der Waals surface area (Å²) < 4.78 is 42.8. The van der Waals surface area contributed by atoms with Crippen molar-refractivity contribution in [3.05, 3.63) is 41.5 Å². The van der Waals surface area contributed by atoms with E-state index in [1.807, 2.05) is 13.8 Å². The van der Waals surface area contributed by atoms with Crippen molar-refractivity contribution in [3.63, 3.8) is 0 Å². The number of urea groups is 1.